The first kappa shape index (κ1) is 16.5. The minimum atomic E-state index is -0.666. The summed E-state index contributed by atoms with van der Waals surface area (Å²) < 4.78 is 6.45. The molecule has 2 aromatic rings. The van der Waals surface area contributed by atoms with E-state index in [1.54, 1.807) is 37.4 Å². The van der Waals surface area contributed by atoms with Crippen molar-refractivity contribution < 1.29 is 9.53 Å². The zero-order chi connectivity index (χ0) is 15.9. The lowest BCUT2D eigenvalue weighted by Crippen LogP contribution is -2.33. The second-order valence-electron chi connectivity index (χ2n) is 4.50. The van der Waals surface area contributed by atoms with Gasteiger partial charge in [-0.15, -0.1) is 0 Å². The van der Waals surface area contributed by atoms with Crippen molar-refractivity contribution in [2.24, 2.45) is 5.10 Å². The molecule has 1 N–H and O–H groups in total. The topological polar surface area (TPSA) is 50.7 Å². The molecular formula is C16H14BrClN2O2. The molecule has 0 saturated heterocycles. The lowest BCUT2D eigenvalue weighted by Gasteiger charge is -2.12. The molecule has 0 unspecified atom stereocenters. The molecule has 2 aromatic carbocycles. The van der Waals surface area contributed by atoms with Crippen LogP contribution in [0, 0.1) is 0 Å². The summed E-state index contributed by atoms with van der Waals surface area (Å²) in [5, 5.41) is 4.53. The zero-order valence-electron chi connectivity index (χ0n) is 11.8. The van der Waals surface area contributed by atoms with Gasteiger partial charge in [0.05, 0.1) is 6.21 Å². The normalized spacial score (nSPS) is 12.1. The van der Waals surface area contributed by atoms with E-state index in [0.717, 1.165) is 10.0 Å². The van der Waals surface area contributed by atoms with Gasteiger partial charge < -0.3 is 4.74 Å². The van der Waals surface area contributed by atoms with E-state index in [9.17, 15) is 4.79 Å². The molecule has 6 heteroatoms. The average Bonchev–Trinajstić information content (AvgIpc) is 2.49. The lowest BCUT2D eigenvalue weighted by atomic mass is 10.2. The molecule has 0 heterocycles. The Morgan fingerprint density at radius 1 is 1.32 bits per heavy atom. The number of carbonyl (C=O) groups excluding carboxylic acids is 1. The maximum absolute atomic E-state index is 11.9. The smallest absolute Gasteiger partial charge is 0.280 e. The van der Waals surface area contributed by atoms with Gasteiger partial charge in [-0.2, -0.15) is 5.10 Å². The zero-order valence-corrected chi connectivity index (χ0v) is 14.1. The molecule has 0 aliphatic heterocycles. The number of halogens is 2. The maximum atomic E-state index is 11.9. The van der Waals surface area contributed by atoms with Gasteiger partial charge in [-0.05, 0) is 48.9 Å². The third-order valence-electron chi connectivity index (χ3n) is 2.73. The van der Waals surface area contributed by atoms with Crippen molar-refractivity contribution in [1.82, 2.24) is 5.43 Å². The molecule has 1 amide bonds. The van der Waals surface area contributed by atoms with Crippen LogP contribution in [0.1, 0.15) is 12.5 Å². The molecular weight excluding hydrogens is 368 g/mol. The Hall–Kier alpha value is -1.85. The van der Waals surface area contributed by atoms with Gasteiger partial charge in [0.2, 0.25) is 0 Å². The molecule has 0 spiro atoms. The maximum Gasteiger partial charge on any atom is 0.280 e. The fourth-order valence-corrected chi connectivity index (χ4v) is 2.16. The first-order chi connectivity index (χ1) is 10.5. The number of hydrogen-bond donors (Lipinski definition) is 1. The fraction of sp³-hybridized carbons (Fsp3) is 0.125. The van der Waals surface area contributed by atoms with Crippen LogP contribution in [0.25, 0.3) is 0 Å². The van der Waals surface area contributed by atoms with Crippen molar-refractivity contribution in [3.8, 4) is 5.75 Å². The second kappa shape index (κ2) is 7.96. The Labute approximate surface area is 142 Å². The van der Waals surface area contributed by atoms with Crippen molar-refractivity contribution in [3.05, 3.63) is 63.6 Å². The van der Waals surface area contributed by atoms with Crippen LogP contribution in [-0.4, -0.2) is 18.2 Å². The number of nitrogens with zero attached hydrogens (tertiary/aromatic N) is 1. The minimum Gasteiger partial charge on any atom is -0.481 e. The summed E-state index contributed by atoms with van der Waals surface area (Å²) >= 11 is 9.16. The molecule has 0 fully saturated rings. The van der Waals surface area contributed by atoms with Gasteiger partial charge in [-0.3, -0.25) is 4.79 Å². The first-order valence-corrected chi connectivity index (χ1v) is 7.72. The van der Waals surface area contributed by atoms with Gasteiger partial charge in [0, 0.05) is 9.50 Å². The SMILES string of the molecule is C[C@H](Oc1ccc(Cl)cc1)C(=O)N/N=C/c1cccc(Br)c1. The number of ether oxygens (including phenoxy) is 1. The molecule has 0 radical (unpaired) electrons. The van der Waals surface area contributed by atoms with Gasteiger partial charge >= 0.3 is 0 Å². The Kier molecular flexibility index (Phi) is 5.98. The van der Waals surface area contributed by atoms with Crippen molar-refractivity contribution in [1.29, 1.82) is 0 Å². The Morgan fingerprint density at radius 2 is 2.05 bits per heavy atom. The molecule has 0 saturated carbocycles. The van der Waals surface area contributed by atoms with E-state index in [1.807, 2.05) is 24.3 Å². The van der Waals surface area contributed by atoms with E-state index >= 15 is 0 Å². The summed E-state index contributed by atoms with van der Waals surface area (Å²) in [6.07, 6.45) is 0.901. The van der Waals surface area contributed by atoms with E-state index in [-0.39, 0.29) is 5.91 Å². The standard InChI is InChI=1S/C16H14BrClN2O2/c1-11(22-15-7-5-14(18)6-8-15)16(21)20-19-10-12-3-2-4-13(17)9-12/h2-11H,1H3,(H,20,21)/b19-10+/t11-/m0/s1. The van der Waals surface area contributed by atoms with Crippen molar-refractivity contribution in [3.63, 3.8) is 0 Å². The number of rotatable bonds is 5. The Morgan fingerprint density at radius 3 is 2.73 bits per heavy atom. The number of hydrogen-bond acceptors (Lipinski definition) is 3. The quantitative estimate of drug-likeness (QED) is 0.628. The third kappa shape index (κ3) is 5.16. The lowest BCUT2D eigenvalue weighted by molar-refractivity contribution is -0.127. The van der Waals surface area contributed by atoms with Crippen LogP contribution in [0.15, 0.2) is 58.1 Å². The first-order valence-electron chi connectivity index (χ1n) is 6.55. The summed E-state index contributed by atoms with van der Waals surface area (Å²) in [5.74, 6) is 0.240. The van der Waals surface area contributed by atoms with Crippen LogP contribution in [0.5, 0.6) is 5.75 Å². The predicted molar refractivity (Wildman–Crippen MR) is 91.4 cm³/mol. The summed E-state index contributed by atoms with van der Waals surface area (Å²) in [6, 6.07) is 14.4. The molecule has 4 nitrogen and oxygen atoms in total. The summed E-state index contributed by atoms with van der Waals surface area (Å²) in [6.45, 7) is 1.65. The van der Waals surface area contributed by atoms with Crippen LogP contribution in [0.4, 0.5) is 0 Å². The molecule has 0 aliphatic rings. The van der Waals surface area contributed by atoms with Crippen LogP contribution < -0.4 is 10.2 Å². The Bertz CT molecular complexity index is 674. The van der Waals surface area contributed by atoms with E-state index in [2.05, 4.69) is 26.5 Å². The highest BCUT2D eigenvalue weighted by Crippen LogP contribution is 2.16. The van der Waals surface area contributed by atoms with E-state index in [4.69, 9.17) is 16.3 Å². The van der Waals surface area contributed by atoms with Gasteiger partial charge in [0.1, 0.15) is 5.75 Å². The largest absolute Gasteiger partial charge is 0.481 e. The van der Waals surface area contributed by atoms with Crippen LogP contribution in [-0.2, 0) is 4.79 Å². The summed E-state index contributed by atoms with van der Waals surface area (Å²) in [4.78, 5) is 11.9. The van der Waals surface area contributed by atoms with E-state index < -0.39 is 6.10 Å². The van der Waals surface area contributed by atoms with Crippen LogP contribution >= 0.6 is 27.5 Å². The molecule has 0 bridgehead atoms. The highest BCUT2D eigenvalue weighted by molar-refractivity contribution is 9.10. The molecule has 2 rings (SSSR count). The molecule has 0 aromatic heterocycles. The van der Waals surface area contributed by atoms with Crippen LogP contribution in [0.2, 0.25) is 5.02 Å². The number of amides is 1. The number of hydrazone groups is 1. The Balaban J connectivity index is 1.87. The van der Waals surface area contributed by atoms with Gasteiger partial charge in [0.15, 0.2) is 6.10 Å². The predicted octanol–water partition coefficient (Wildman–Crippen LogP) is 4.02. The summed E-state index contributed by atoms with van der Waals surface area (Å²) in [7, 11) is 0. The monoisotopic (exact) mass is 380 g/mol. The average molecular weight is 382 g/mol. The third-order valence-corrected chi connectivity index (χ3v) is 3.48. The second-order valence-corrected chi connectivity index (χ2v) is 5.86. The molecule has 114 valence electrons. The highest BCUT2D eigenvalue weighted by Gasteiger charge is 2.13. The molecule has 1 atom stereocenters. The number of benzene rings is 2. The fourth-order valence-electron chi connectivity index (χ4n) is 1.62. The molecule has 22 heavy (non-hydrogen) atoms. The van der Waals surface area contributed by atoms with Crippen LogP contribution in [0.3, 0.4) is 0 Å². The highest BCUT2D eigenvalue weighted by atomic mass is 79.9. The van der Waals surface area contributed by atoms with Crippen molar-refractivity contribution in [2.75, 3.05) is 0 Å². The number of nitrogens with one attached hydrogen (secondary N) is 1. The van der Waals surface area contributed by atoms with Gasteiger partial charge in [-0.25, -0.2) is 5.43 Å². The summed E-state index contributed by atoms with van der Waals surface area (Å²) in [5.41, 5.74) is 3.32. The van der Waals surface area contributed by atoms with Gasteiger partial charge in [0.25, 0.3) is 5.91 Å². The molecule has 0 aliphatic carbocycles. The van der Waals surface area contributed by atoms with E-state index in [1.165, 1.54) is 0 Å². The number of carbonyl (C=O) groups is 1. The van der Waals surface area contributed by atoms with Crippen molar-refractivity contribution in [2.45, 2.75) is 13.0 Å². The van der Waals surface area contributed by atoms with E-state index in [0.29, 0.717) is 10.8 Å². The van der Waals surface area contributed by atoms with Crippen molar-refractivity contribution >= 4 is 39.7 Å². The minimum absolute atomic E-state index is 0.332. The van der Waals surface area contributed by atoms with Gasteiger partial charge in [-0.1, -0.05) is 39.7 Å².